The van der Waals surface area contributed by atoms with Gasteiger partial charge in [-0.2, -0.15) is 5.10 Å². The molecule has 2 atom stereocenters. The fraction of sp³-hybridized carbons (Fsp3) is 0.545. The number of rotatable bonds is 7. The van der Waals surface area contributed by atoms with Crippen molar-refractivity contribution in [1.82, 2.24) is 20.5 Å². The van der Waals surface area contributed by atoms with Gasteiger partial charge >= 0.3 is 6.09 Å². The van der Waals surface area contributed by atoms with Crippen LogP contribution in [0.3, 0.4) is 0 Å². The Bertz CT molecular complexity index is 952. The number of carbonyl (C=O) groups is 2. The first-order chi connectivity index (χ1) is 15.2. The molecule has 3 rings (SSSR count). The molecule has 0 spiro atoms. The SMILES string of the molecule is COc1cc(CC(=O)Nc2cc(C3CCC(OC(=O)NC(C)(C)C)C3)[nH]n2)c(OC)cn1. The van der Waals surface area contributed by atoms with Crippen molar-refractivity contribution >= 4 is 17.8 Å². The highest BCUT2D eigenvalue weighted by molar-refractivity contribution is 5.91. The maximum atomic E-state index is 12.5. The van der Waals surface area contributed by atoms with Gasteiger partial charge in [-0.15, -0.1) is 0 Å². The quantitative estimate of drug-likeness (QED) is 0.597. The highest BCUT2D eigenvalue weighted by Crippen LogP contribution is 2.36. The molecule has 3 N–H and O–H groups in total. The summed E-state index contributed by atoms with van der Waals surface area (Å²) < 4.78 is 15.9. The zero-order chi connectivity index (χ0) is 23.3. The van der Waals surface area contributed by atoms with E-state index in [0.717, 1.165) is 18.5 Å². The Kier molecular flexibility index (Phi) is 7.22. The zero-order valence-electron chi connectivity index (χ0n) is 19.2. The second-order valence-electron chi connectivity index (χ2n) is 8.88. The fourth-order valence-electron chi connectivity index (χ4n) is 3.68. The minimum absolute atomic E-state index is 0.0898. The largest absolute Gasteiger partial charge is 0.495 e. The number of H-pyrrole nitrogens is 1. The van der Waals surface area contributed by atoms with Crippen LogP contribution in [0.2, 0.25) is 0 Å². The van der Waals surface area contributed by atoms with Crippen LogP contribution in [0, 0.1) is 0 Å². The van der Waals surface area contributed by atoms with Crippen LogP contribution in [0.5, 0.6) is 11.6 Å². The third-order valence-corrected chi connectivity index (χ3v) is 5.14. The van der Waals surface area contributed by atoms with Gasteiger partial charge in [0.1, 0.15) is 11.9 Å². The standard InChI is InChI=1S/C22H31N5O5/c1-22(2,3)25-21(29)32-15-7-6-13(8-15)16-11-18(27-26-16)24-19(28)9-14-10-20(31-5)23-12-17(14)30-4/h10-13,15H,6-9H2,1-5H3,(H,25,29)(H2,24,26,27,28). The average Bonchev–Trinajstić information content (AvgIpc) is 3.35. The smallest absolute Gasteiger partial charge is 0.407 e. The molecule has 2 aromatic heterocycles. The molecular weight excluding hydrogens is 414 g/mol. The number of carbonyl (C=O) groups excluding carboxylic acids is 2. The first-order valence-corrected chi connectivity index (χ1v) is 10.6. The number of pyridine rings is 1. The van der Waals surface area contributed by atoms with Crippen LogP contribution in [0.15, 0.2) is 18.3 Å². The Morgan fingerprint density at radius 3 is 2.66 bits per heavy atom. The lowest BCUT2D eigenvalue weighted by atomic mass is 10.0. The number of nitrogens with one attached hydrogen (secondary N) is 3. The van der Waals surface area contributed by atoms with Crippen LogP contribution in [-0.4, -0.2) is 53.0 Å². The highest BCUT2D eigenvalue weighted by Gasteiger charge is 2.30. The van der Waals surface area contributed by atoms with Crippen molar-refractivity contribution in [3.63, 3.8) is 0 Å². The molecule has 0 aromatic carbocycles. The van der Waals surface area contributed by atoms with Crippen LogP contribution in [0.1, 0.15) is 57.2 Å². The van der Waals surface area contributed by atoms with E-state index in [1.165, 1.54) is 20.4 Å². The third kappa shape index (κ3) is 6.35. The van der Waals surface area contributed by atoms with Crippen molar-refractivity contribution in [3.8, 4) is 11.6 Å². The maximum Gasteiger partial charge on any atom is 0.407 e. The van der Waals surface area contributed by atoms with E-state index in [1.807, 2.05) is 26.8 Å². The molecule has 10 nitrogen and oxygen atoms in total. The van der Waals surface area contributed by atoms with Gasteiger partial charge in [0.15, 0.2) is 5.82 Å². The molecule has 1 saturated carbocycles. The number of hydrogen-bond acceptors (Lipinski definition) is 7. The van der Waals surface area contributed by atoms with E-state index in [0.29, 0.717) is 29.4 Å². The molecule has 2 unspecified atom stereocenters. The zero-order valence-corrected chi connectivity index (χ0v) is 19.2. The van der Waals surface area contributed by atoms with Crippen molar-refractivity contribution in [2.24, 2.45) is 0 Å². The Morgan fingerprint density at radius 1 is 1.19 bits per heavy atom. The van der Waals surface area contributed by atoms with E-state index in [4.69, 9.17) is 14.2 Å². The summed E-state index contributed by atoms with van der Waals surface area (Å²) in [6.07, 6.45) is 3.44. The number of aromatic nitrogens is 3. The van der Waals surface area contributed by atoms with Crippen LogP contribution in [-0.2, 0) is 16.0 Å². The first kappa shape index (κ1) is 23.4. The summed E-state index contributed by atoms with van der Waals surface area (Å²) in [7, 11) is 3.04. The summed E-state index contributed by atoms with van der Waals surface area (Å²) in [6, 6.07) is 3.49. The summed E-state index contributed by atoms with van der Waals surface area (Å²) in [6.45, 7) is 5.73. The van der Waals surface area contributed by atoms with E-state index in [2.05, 4.69) is 25.8 Å². The average molecular weight is 446 g/mol. The van der Waals surface area contributed by atoms with E-state index in [1.54, 1.807) is 6.07 Å². The molecule has 2 amide bonds. The number of alkyl carbamates (subject to hydrolysis) is 1. The van der Waals surface area contributed by atoms with E-state index >= 15 is 0 Å². The fourth-order valence-corrected chi connectivity index (χ4v) is 3.68. The van der Waals surface area contributed by atoms with Gasteiger partial charge < -0.3 is 24.8 Å². The summed E-state index contributed by atoms with van der Waals surface area (Å²) in [5.41, 5.74) is 1.24. The van der Waals surface area contributed by atoms with Crippen LogP contribution < -0.4 is 20.1 Å². The number of nitrogens with zero attached hydrogens (tertiary/aromatic N) is 2. The number of ether oxygens (including phenoxy) is 3. The predicted octanol–water partition coefficient (Wildman–Crippen LogP) is 3.16. The summed E-state index contributed by atoms with van der Waals surface area (Å²) >= 11 is 0. The number of anilines is 1. The lowest BCUT2D eigenvalue weighted by Gasteiger charge is -2.22. The minimum atomic E-state index is -0.399. The molecule has 0 radical (unpaired) electrons. The van der Waals surface area contributed by atoms with Crippen LogP contribution in [0.4, 0.5) is 10.6 Å². The van der Waals surface area contributed by atoms with E-state index < -0.39 is 6.09 Å². The lowest BCUT2D eigenvalue weighted by molar-refractivity contribution is -0.115. The highest BCUT2D eigenvalue weighted by atomic mass is 16.6. The van der Waals surface area contributed by atoms with Gasteiger partial charge in [-0.25, -0.2) is 9.78 Å². The molecule has 0 saturated heterocycles. The molecule has 0 bridgehead atoms. The monoisotopic (exact) mass is 445 g/mol. The van der Waals surface area contributed by atoms with Gasteiger partial charge in [0.2, 0.25) is 11.8 Å². The number of amides is 2. The third-order valence-electron chi connectivity index (χ3n) is 5.14. The van der Waals surface area contributed by atoms with Crippen molar-refractivity contribution in [2.75, 3.05) is 19.5 Å². The second kappa shape index (κ2) is 9.88. The van der Waals surface area contributed by atoms with Gasteiger partial charge in [0.25, 0.3) is 0 Å². The van der Waals surface area contributed by atoms with Crippen LogP contribution in [0.25, 0.3) is 0 Å². The molecule has 1 fully saturated rings. The second-order valence-corrected chi connectivity index (χ2v) is 8.88. The molecule has 2 heterocycles. The summed E-state index contributed by atoms with van der Waals surface area (Å²) in [4.78, 5) is 28.6. The van der Waals surface area contributed by atoms with Gasteiger partial charge in [0, 0.05) is 34.8 Å². The normalized spacial score (nSPS) is 18.2. The Morgan fingerprint density at radius 2 is 1.97 bits per heavy atom. The molecule has 1 aliphatic rings. The Hall–Kier alpha value is -3.30. The Labute approximate surface area is 187 Å². The van der Waals surface area contributed by atoms with Gasteiger partial charge in [-0.1, -0.05) is 0 Å². The maximum absolute atomic E-state index is 12.5. The van der Waals surface area contributed by atoms with Gasteiger partial charge in [-0.3, -0.25) is 9.89 Å². The molecule has 10 heteroatoms. The van der Waals surface area contributed by atoms with E-state index in [9.17, 15) is 9.59 Å². The van der Waals surface area contributed by atoms with Crippen LogP contribution >= 0.6 is 0 Å². The Balaban J connectivity index is 1.54. The lowest BCUT2D eigenvalue weighted by Crippen LogP contribution is -2.42. The van der Waals surface area contributed by atoms with Crippen molar-refractivity contribution < 1.29 is 23.8 Å². The number of aromatic amines is 1. The molecule has 2 aromatic rings. The molecule has 32 heavy (non-hydrogen) atoms. The predicted molar refractivity (Wildman–Crippen MR) is 118 cm³/mol. The number of methoxy groups -OCH3 is 2. The molecule has 1 aliphatic carbocycles. The minimum Gasteiger partial charge on any atom is -0.495 e. The van der Waals surface area contributed by atoms with Crippen molar-refractivity contribution in [1.29, 1.82) is 0 Å². The molecule has 0 aliphatic heterocycles. The topological polar surface area (TPSA) is 127 Å². The van der Waals surface area contributed by atoms with Gasteiger partial charge in [0.05, 0.1) is 26.8 Å². The first-order valence-electron chi connectivity index (χ1n) is 10.6. The molecular formula is C22H31N5O5. The van der Waals surface area contributed by atoms with Crippen molar-refractivity contribution in [3.05, 3.63) is 29.6 Å². The molecule has 174 valence electrons. The van der Waals surface area contributed by atoms with Gasteiger partial charge in [-0.05, 0) is 40.0 Å². The van der Waals surface area contributed by atoms with Crippen molar-refractivity contribution in [2.45, 2.75) is 64.0 Å². The summed E-state index contributed by atoms with van der Waals surface area (Å²) in [5, 5.41) is 12.8. The van der Waals surface area contributed by atoms with E-state index in [-0.39, 0.29) is 29.9 Å². The number of hydrogen-bond donors (Lipinski definition) is 3. The summed E-state index contributed by atoms with van der Waals surface area (Å²) in [5.74, 6) is 1.31.